The minimum absolute atomic E-state index is 0.120. The van der Waals surface area contributed by atoms with Crippen LogP contribution >= 0.6 is 0 Å². The number of hydrogen-bond donors (Lipinski definition) is 2. The number of rotatable bonds is 2. The first kappa shape index (κ1) is 11.6. The number of aromatic nitrogens is 2. The summed E-state index contributed by atoms with van der Waals surface area (Å²) in [6.45, 7) is 0.685. The van der Waals surface area contributed by atoms with E-state index in [9.17, 15) is 4.79 Å². The van der Waals surface area contributed by atoms with Gasteiger partial charge in [0.2, 0.25) is 5.91 Å². The summed E-state index contributed by atoms with van der Waals surface area (Å²) in [6, 6.07) is 7.86. The molecule has 0 aliphatic carbocycles. The van der Waals surface area contributed by atoms with Gasteiger partial charge in [0, 0.05) is 31.1 Å². The zero-order valence-corrected chi connectivity index (χ0v) is 10.6. The van der Waals surface area contributed by atoms with Crippen LogP contribution < -0.4 is 10.7 Å². The number of nitrogens with two attached hydrogens (primary N) is 1. The molecule has 0 atom stereocenters. The number of carbonyl (C=O) groups is 1. The highest BCUT2D eigenvalue weighted by molar-refractivity contribution is 5.88. The largest absolute Gasteiger partial charge is 0.384 e. The molecule has 3 rings (SSSR count). The summed E-state index contributed by atoms with van der Waals surface area (Å²) in [6.07, 6.45) is 2.23. The molecule has 0 saturated carbocycles. The molecule has 0 bridgehead atoms. The number of aromatic amines is 1. The number of nitrogens with one attached hydrogen (secondary N) is 1. The van der Waals surface area contributed by atoms with Crippen molar-refractivity contribution in [2.24, 2.45) is 0 Å². The summed E-state index contributed by atoms with van der Waals surface area (Å²) in [5.74, 6) is 0.649. The molecule has 0 radical (unpaired) electrons. The van der Waals surface area contributed by atoms with Crippen LogP contribution in [0.3, 0.4) is 0 Å². The van der Waals surface area contributed by atoms with Gasteiger partial charge in [0.25, 0.3) is 0 Å². The third-order valence-corrected chi connectivity index (χ3v) is 3.40. The predicted molar refractivity (Wildman–Crippen MR) is 73.2 cm³/mol. The Hall–Kier alpha value is -2.50. The molecule has 98 valence electrons. The van der Waals surface area contributed by atoms with Crippen LogP contribution in [0.4, 0.5) is 11.5 Å². The smallest absolute Gasteiger partial charge is 0.242 e. The lowest BCUT2D eigenvalue weighted by Gasteiger charge is -2.28. The summed E-state index contributed by atoms with van der Waals surface area (Å²) in [4.78, 5) is 11.7. The SMILES string of the molecule is CN1C(=O)CCN1c1ccccc1-c1cn[nH]c1N. The van der Waals surface area contributed by atoms with Crippen LogP contribution in [0.2, 0.25) is 0 Å². The maximum atomic E-state index is 11.7. The molecule has 6 heteroatoms. The molecule has 0 spiro atoms. The fourth-order valence-corrected chi connectivity index (χ4v) is 2.37. The van der Waals surface area contributed by atoms with E-state index >= 15 is 0 Å². The summed E-state index contributed by atoms with van der Waals surface area (Å²) < 4.78 is 0. The third kappa shape index (κ3) is 1.81. The van der Waals surface area contributed by atoms with Crippen molar-refractivity contribution in [1.82, 2.24) is 15.2 Å². The van der Waals surface area contributed by atoms with Crippen molar-refractivity contribution in [1.29, 1.82) is 0 Å². The van der Waals surface area contributed by atoms with E-state index in [0.717, 1.165) is 16.8 Å². The number of anilines is 2. The van der Waals surface area contributed by atoms with Gasteiger partial charge in [0.05, 0.1) is 11.9 Å². The normalized spacial score (nSPS) is 15.3. The minimum Gasteiger partial charge on any atom is -0.384 e. The van der Waals surface area contributed by atoms with Crippen LogP contribution in [0.25, 0.3) is 11.1 Å². The quantitative estimate of drug-likeness (QED) is 0.848. The van der Waals surface area contributed by atoms with Gasteiger partial charge in [-0.2, -0.15) is 5.10 Å². The lowest BCUT2D eigenvalue weighted by molar-refractivity contribution is -0.126. The van der Waals surface area contributed by atoms with E-state index in [4.69, 9.17) is 5.73 Å². The number of nitrogen functional groups attached to an aromatic ring is 1. The first-order valence-corrected chi connectivity index (χ1v) is 6.10. The van der Waals surface area contributed by atoms with E-state index in [1.165, 1.54) is 0 Å². The highest BCUT2D eigenvalue weighted by Gasteiger charge is 2.27. The Bertz CT molecular complexity index is 621. The number of amides is 1. The van der Waals surface area contributed by atoms with E-state index < -0.39 is 0 Å². The lowest BCUT2D eigenvalue weighted by atomic mass is 10.1. The number of carbonyl (C=O) groups excluding carboxylic acids is 1. The molecule has 1 fully saturated rings. The Morgan fingerprint density at radius 1 is 1.32 bits per heavy atom. The second-order valence-corrected chi connectivity index (χ2v) is 4.50. The molecule has 1 aliphatic rings. The highest BCUT2D eigenvalue weighted by Crippen LogP contribution is 2.35. The molecule has 1 amide bonds. The van der Waals surface area contributed by atoms with E-state index in [2.05, 4.69) is 10.2 Å². The number of hydrogen-bond acceptors (Lipinski definition) is 4. The van der Waals surface area contributed by atoms with Crippen LogP contribution in [-0.4, -0.2) is 34.7 Å². The van der Waals surface area contributed by atoms with Crippen LogP contribution in [0, 0.1) is 0 Å². The molecule has 3 N–H and O–H groups in total. The van der Waals surface area contributed by atoms with Gasteiger partial charge in [-0.3, -0.25) is 19.9 Å². The zero-order valence-electron chi connectivity index (χ0n) is 10.6. The number of nitrogens with zero attached hydrogens (tertiary/aromatic N) is 3. The van der Waals surface area contributed by atoms with Gasteiger partial charge in [-0.15, -0.1) is 0 Å². The average molecular weight is 257 g/mol. The molecule has 2 heterocycles. The summed E-state index contributed by atoms with van der Waals surface area (Å²) in [7, 11) is 1.78. The van der Waals surface area contributed by atoms with E-state index in [1.54, 1.807) is 18.3 Å². The first-order valence-electron chi connectivity index (χ1n) is 6.10. The first-order chi connectivity index (χ1) is 9.18. The minimum atomic E-state index is 0.120. The van der Waals surface area contributed by atoms with Gasteiger partial charge in [0.15, 0.2) is 0 Å². The van der Waals surface area contributed by atoms with Gasteiger partial charge in [-0.1, -0.05) is 18.2 Å². The van der Waals surface area contributed by atoms with Crippen molar-refractivity contribution in [2.45, 2.75) is 6.42 Å². The third-order valence-electron chi connectivity index (χ3n) is 3.40. The van der Waals surface area contributed by atoms with Gasteiger partial charge in [-0.25, -0.2) is 0 Å². The van der Waals surface area contributed by atoms with E-state index in [1.807, 2.05) is 29.3 Å². The molecule has 1 aromatic carbocycles. The molecular weight excluding hydrogens is 242 g/mol. The number of benzene rings is 1. The molecule has 6 nitrogen and oxygen atoms in total. The Kier molecular flexibility index (Phi) is 2.63. The van der Waals surface area contributed by atoms with Crippen molar-refractivity contribution < 1.29 is 4.79 Å². The zero-order chi connectivity index (χ0) is 13.4. The maximum Gasteiger partial charge on any atom is 0.242 e. The second kappa shape index (κ2) is 4.31. The molecule has 2 aromatic rings. The molecular formula is C13H15N5O. The fraction of sp³-hybridized carbons (Fsp3) is 0.231. The Labute approximate surface area is 110 Å². The number of hydrazine groups is 1. The van der Waals surface area contributed by atoms with Crippen LogP contribution in [-0.2, 0) is 4.79 Å². The van der Waals surface area contributed by atoms with Crippen molar-refractivity contribution >= 4 is 17.4 Å². The van der Waals surface area contributed by atoms with Crippen molar-refractivity contribution in [2.75, 3.05) is 24.3 Å². The average Bonchev–Trinajstić information content (AvgIpc) is 2.98. The van der Waals surface area contributed by atoms with Crippen molar-refractivity contribution in [3.63, 3.8) is 0 Å². The van der Waals surface area contributed by atoms with Gasteiger partial charge in [0.1, 0.15) is 5.82 Å². The van der Waals surface area contributed by atoms with Gasteiger partial charge >= 0.3 is 0 Å². The Balaban J connectivity index is 2.08. The number of para-hydroxylation sites is 1. The number of H-pyrrole nitrogens is 1. The molecule has 0 unspecified atom stereocenters. The van der Waals surface area contributed by atoms with E-state index in [0.29, 0.717) is 18.8 Å². The van der Waals surface area contributed by atoms with Crippen LogP contribution in [0.1, 0.15) is 6.42 Å². The van der Waals surface area contributed by atoms with E-state index in [-0.39, 0.29) is 5.91 Å². The monoisotopic (exact) mass is 257 g/mol. The van der Waals surface area contributed by atoms with Crippen LogP contribution in [0.5, 0.6) is 0 Å². The molecule has 1 aliphatic heterocycles. The highest BCUT2D eigenvalue weighted by atomic mass is 16.2. The van der Waals surface area contributed by atoms with Crippen LogP contribution in [0.15, 0.2) is 30.5 Å². The standard InChI is InChI=1S/C13H15N5O/c1-17-12(19)6-7-18(17)11-5-3-2-4-9(11)10-8-15-16-13(10)14/h2-5,8H,6-7H2,1H3,(H3,14,15,16). The summed E-state index contributed by atoms with van der Waals surface area (Å²) in [5.41, 5.74) is 8.67. The second-order valence-electron chi connectivity index (χ2n) is 4.50. The topological polar surface area (TPSA) is 78.2 Å². The van der Waals surface area contributed by atoms with Gasteiger partial charge < -0.3 is 5.73 Å². The fourth-order valence-electron chi connectivity index (χ4n) is 2.37. The molecule has 1 aromatic heterocycles. The van der Waals surface area contributed by atoms with Gasteiger partial charge in [-0.05, 0) is 6.07 Å². The molecule has 1 saturated heterocycles. The summed E-state index contributed by atoms with van der Waals surface area (Å²) >= 11 is 0. The predicted octanol–water partition coefficient (Wildman–Crippen LogP) is 1.24. The molecule has 19 heavy (non-hydrogen) atoms. The maximum absolute atomic E-state index is 11.7. The Morgan fingerprint density at radius 2 is 2.11 bits per heavy atom. The lowest BCUT2D eigenvalue weighted by Crippen LogP contribution is -2.35. The Morgan fingerprint density at radius 3 is 2.74 bits per heavy atom. The van der Waals surface area contributed by atoms with Crippen molar-refractivity contribution in [3.05, 3.63) is 30.5 Å². The van der Waals surface area contributed by atoms with Crippen molar-refractivity contribution in [3.8, 4) is 11.1 Å². The summed E-state index contributed by atoms with van der Waals surface area (Å²) in [5, 5.41) is 10.3.